The molecule has 1 unspecified atom stereocenters. The van der Waals surface area contributed by atoms with Crippen LogP contribution in [-0.4, -0.2) is 62.0 Å². The molecular weight excluding hydrogens is 216 g/mol. The Kier molecular flexibility index (Phi) is 7.77. The number of hydrogen-bond donors (Lipinski definition) is 2. The molecule has 1 aliphatic heterocycles. The van der Waals surface area contributed by atoms with E-state index >= 15 is 0 Å². The minimum Gasteiger partial charge on any atom is -0.389 e. The van der Waals surface area contributed by atoms with Gasteiger partial charge in [-0.1, -0.05) is 6.92 Å². The Balaban J connectivity index is 2.21. The molecule has 2 N–H and O–H groups in total. The molecule has 17 heavy (non-hydrogen) atoms. The van der Waals surface area contributed by atoms with E-state index in [0.29, 0.717) is 13.2 Å². The van der Waals surface area contributed by atoms with Crippen molar-refractivity contribution in [2.45, 2.75) is 32.8 Å². The van der Waals surface area contributed by atoms with Crippen LogP contribution in [0.3, 0.4) is 0 Å². The summed E-state index contributed by atoms with van der Waals surface area (Å²) in [5.41, 5.74) is 0. The zero-order chi connectivity index (χ0) is 12.5. The number of nitrogens with one attached hydrogen (secondary N) is 1. The van der Waals surface area contributed by atoms with Crippen molar-refractivity contribution in [1.29, 1.82) is 0 Å². The van der Waals surface area contributed by atoms with Crippen LogP contribution in [0.1, 0.15) is 26.7 Å². The van der Waals surface area contributed by atoms with Gasteiger partial charge in [-0.05, 0) is 45.3 Å². The molecule has 0 spiro atoms. The number of nitrogens with zero attached hydrogens (tertiary/aromatic N) is 1. The number of rotatable bonds is 8. The summed E-state index contributed by atoms with van der Waals surface area (Å²) in [5.74, 6) is 0.787. The maximum Gasteiger partial charge on any atom is 0.0900 e. The molecule has 0 saturated carbocycles. The van der Waals surface area contributed by atoms with Gasteiger partial charge in [0.1, 0.15) is 0 Å². The van der Waals surface area contributed by atoms with Crippen molar-refractivity contribution in [2.24, 2.45) is 5.92 Å². The lowest BCUT2D eigenvalue weighted by atomic mass is 9.97. The molecular formula is C13H28N2O2. The summed E-state index contributed by atoms with van der Waals surface area (Å²) in [6.45, 7) is 10.4. The molecule has 0 bridgehead atoms. The van der Waals surface area contributed by atoms with Crippen LogP contribution in [-0.2, 0) is 4.74 Å². The zero-order valence-electron chi connectivity index (χ0n) is 11.3. The van der Waals surface area contributed by atoms with E-state index in [2.05, 4.69) is 17.1 Å². The van der Waals surface area contributed by atoms with E-state index in [1.807, 2.05) is 6.92 Å². The number of piperidine rings is 1. The van der Waals surface area contributed by atoms with Gasteiger partial charge in [0, 0.05) is 19.7 Å². The standard InChI is InChI=1S/C13H28N2O2/c1-3-15(10-13(16)11-17-4-2)9-12-5-7-14-8-6-12/h12-14,16H,3-11H2,1-2H3. The lowest BCUT2D eigenvalue weighted by molar-refractivity contribution is 0.0185. The molecule has 0 aromatic rings. The van der Waals surface area contributed by atoms with Crippen LogP contribution < -0.4 is 5.32 Å². The van der Waals surface area contributed by atoms with Gasteiger partial charge >= 0.3 is 0 Å². The van der Waals surface area contributed by atoms with Crippen LogP contribution in [0.15, 0.2) is 0 Å². The summed E-state index contributed by atoms with van der Waals surface area (Å²) < 4.78 is 5.24. The Morgan fingerprint density at radius 1 is 1.35 bits per heavy atom. The second-order valence-electron chi connectivity index (χ2n) is 4.86. The smallest absolute Gasteiger partial charge is 0.0900 e. The van der Waals surface area contributed by atoms with Crippen molar-refractivity contribution >= 4 is 0 Å². The normalized spacial score (nSPS) is 19.8. The Morgan fingerprint density at radius 2 is 2.06 bits per heavy atom. The number of aliphatic hydroxyl groups excluding tert-OH is 1. The number of aliphatic hydroxyl groups is 1. The van der Waals surface area contributed by atoms with Crippen LogP contribution in [0, 0.1) is 5.92 Å². The molecule has 0 aromatic carbocycles. The summed E-state index contributed by atoms with van der Waals surface area (Å²) in [6, 6.07) is 0. The number of ether oxygens (including phenoxy) is 1. The van der Waals surface area contributed by atoms with Gasteiger partial charge in [-0.2, -0.15) is 0 Å². The first-order valence-corrected chi connectivity index (χ1v) is 6.95. The van der Waals surface area contributed by atoms with E-state index < -0.39 is 0 Å². The Morgan fingerprint density at radius 3 is 2.65 bits per heavy atom. The van der Waals surface area contributed by atoms with Crippen LogP contribution in [0.5, 0.6) is 0 Å². The molecule has 0 aliphatic carbocycles. The van der Waals surface area contributed by atoms with Crippen molar-refractivity contribution in [3.05, 3.63) is 0 Å². The fraction of sp³-hybridized carbons (Fsp3) is 1.00. The summed E-state index contributed by atoms with van der Waals surface area (Å²) in [4.78, 5) is 2.35. The molecule has 0 radical (unpaired) electrons. The minimum atomic E-state index is -0.350. The summed E-state index contributed by atoms with van der Waals surface area (Å²) in [7, 11) is 0. The topological polar surface area (TPSA) is 44.7 Å². The third kappa shape index (κ3) is 6.36. The van der Waals surface area contributed by atoms with Gasteiger partial charge in [0.15, 0.2) is 0 Å². The van der Waals surface area contributed by atoms with Crippen LogP contribution >= 0.6 is 0 Å². The van der Waals surface area contributed by atoms with E-state index in [1.54, 1.807) is 0 Å². The maximum absolute atomic E-state index is 9.83. The molecule has 4 nitrogen and oxygen atoms in total. The highest BCUT2D eigenvalue weighted by atomic mass is 16.5. The second kappa shape index (κ2) is 8.86. The van der Waals surface area contributed by atoms with Crippen molar-refractivity contribution < 1.29 is 9.84 Å². The molecule has 4 heteroatoms. The van der Waals surface area contributed by atoms with Crippen molar-refractivity contribution in [3.63, 3.8) is 0 Å². The van der Waals surface area contributed by atoms with Crippen LogP contribution in [0.4, 0.5) is 0 Å². The molecule has 1 heterocycles. The molecule has 1 aliphatic rings. The minimum absolute atomic E-state index is 0.350. The summed E-state index contributed by atoms with van der Waals surface area (Å²) >= 11 is 0. The van der Waals surface area contributed by atoms with E-state index in [9.17, 15) is 5.11 Å². The Bertz CT molecular complexity index is 184. The predicted molar refractivity (Wildman–Crippen MR) is 70.2 cm³/mol. The highest BCUT2D eigenvalue weighted by Gasteiger charge is 2.18. The predicted octanol–water partition coefficient (Wildman–Crippen LogP) is 0.705. The third-order valence-electron chi connectivity index (χ3n) is 3.41. The van der Waals surface area contributed by atoms with E-state index in [4.69, 9.17) is 4.74 Å². The molecule has 1 fully saturated rings. The average Bonchev–Trinajstić information content (AvgIpc) is 2.36. The fourth-order valence-corrected chi connectivity index (χ4v) is 2.37. The van der Waals surface area contributed by atoms with Gasteiger partial charge in [-0.25, -0.2) is 0 Å². The average molecular weight is 244 g/mol. The van der Waals surface area contributed by atoms with Gasteiger partial charge in [0.05, 0.1) is 12.7 Å². The van der Waals surface area contributed by atoms with E-state index in [1.165, 1.54) is 12.8 Å². The monoisotopic (exact) mass is 244 g/mol. The van der Waals surface area contributed by atoms with Gasteiger partial charge < -0.3 is 20.1 Å². The van der Waals surface area contributed by atoms with Crippen molar-refractivity contribution in [1.82, 2.24) is 10.2 Å². The lowest BCUT2D eigenvalue weighted by Gasteiger charge is -2.30. The van der Waals surface area contributed by atoms with E-state index in [0.717, 1.165) is 38.6 Å². The molecule has 0 amide bonds. The van der Waals surface area contributed by atoms with Gasteiger partial charge in [-0.3, -0.25) is 0 Å². The molecule has 0 aromatic heterocycles. The third-order valence-corrected chi connectivity index (χ3v) is 3.41. The number of likely N-dealkylation sites (N-methyl/N-ethyl adjacent to an activating group) is 1. The SMILES string of the molecule is CCOCC(O)CN(CC)CC1CCNCC1. The van der Waals surface area contributed by atoms with E-state index in [-0.39, 0.29) is 6.10 Å². The number of hydrogen-bond acceptors (Lipinski definition) is 4. The molecule has 1 atom stereocenters. The van der Waals surface area contributed by atoms with Crippen molar-refractivity contribution in [3.8, 4) is 0 Å². The highest BCUT2D eigenvalue weighted by molar-refractivity contribution is 4.73. The summed E-state index contributed by atoms with van der Waals surface area (Å²) in [6.07, 6.45) is 2.17. The van der Waals surface area contributed by atoms with Crippen LogP contribution in [0.25, 0.3) is 0 Å². The maximum atomic E-state index is 9.83. The first-order valence-electron chi connectivity index (χ1n) is 6.95. The van der Waals surface area contributed by atoms with Crippen LogP contribution in [0.2, 0.25) is 0 Å². The molecule has 1 rings (SSSR count). The summed E-state index contributed by atoms with van der Waals surface area (Å²) in [5, 5.41) is 13.2. The first-order chi connectivity index (χ1) is 8.26. The second-order valence-corrected chi connectivity index (χ2v) is 4.86. The highest BCUT2D eigenvalue weighted by Crippen LogP contribution is 2.13. The van der Waals surface area contributed by atoms with Crippen molar-refractivity contribution in [2.75, 3.05) is 45.9 Å². The van der Waals surface area contributed by atoms with Gasteiger partial charge in [-0.15, -0.1) is 0 Å². The molecule has 102 valence electrons. The molecule has 1 saturated heterocycles. The quantitative estimate of drug-likeness (QED) is 0.660. The lowest BCUT2D eigenvalue weighted by Crippen LogP contribution is -2.40. The first kappa shape index (κ1) is 14.9. The Labute approximate surface area is 105 Å². The zero-order valence-corrected chi connectivity index (χ0v) is 11.3. The van der Waals surface area contributed by atoms with Gasteiger partial charge in [0.2, 0.25) is 0 Å². The Hall–Kier alpha value is -0.160. The van der Waals surface area contributed by atoms with Gasteiger partial charge in [0.25, 0.3) is 0 Å². The fourth-order valence-electron chi connectivity index (χ4n) is 2.37. The largest absolute Gasteiger partial charge is 0.389 e.